The van der Waals surface area contributed by atoms with Crippen LogP contribution in [-0.2, 0) is 4.74 Å². The molecule has 1 saturated heterocycles. The minimum atomic E-state index is 0.0186. The highest BCUT2D eigenvalue weighted by molar-refractivity contribution is 6.31. The predicted molar refractivity (Wildman–Crippen MR) is 126 cm³/mol. The minimum Gasteiger partial charge on any atom is -0.378 e. The van der Waals surface area contributed by atoms with Gasteiger partial charge in [0.1, 0.15) is 0 Å². The second-order valence-corrected chi connectivity index (χ2v) is 7.97. The Labute approximate surface area is 190 Å². The summed E-state index contributed by atoms with van der Waals surface area (Å²) in [4.78, 5) is 23.9. The van der Waals surface area contributed by atoms with Gasteiger partial charge in [-0.1, -0.05) is 41.9 Å². The molecule has 1 N–H and O–H groups in total. The van der Waals surface area contributed by atoms with Crippen LogP contribution >= 0.6 is 11.6 Å². The molecular weight excluding hydrogens is 424 g/mol. The molecule has 1 aliphatic heterocycles. The average Bonchev–Trinajstić information content (AvgIpc) is 2.85. The second-order valence-electron chi connectivity index (χ2n) is 7.53. The molecule has 3 aromatic carbocycles. The molecule has 32 heavy (non-hydrogen) atoms. The molecule has 0 unspecified atom stereocenters. The van der Waals surface area contributed by atoms with Crippen molar-refractivity contribution in [1.29, 1.82) is 0 Å². The van der Waals surface area contributed by atoms with Gasteiger partial charge in [0.25, 0.3) is 5.91 Å². The Hall–Kier alpha value is -3.48. The zero-order valence-electron chi connectivity index (χ0n) is 17.3. The largest absolute Gasteiger partial charge is 0.378 e. The summed E-state index contributed by atoms with van der Waals surface area (Å²) in [6.07, 6.45) is 0. The number of amides is 1. The Morgan fingerprint density at radius 2 is 1.69 bits per heavy atom. The highest BCUT2D eigenvalue weighted by atomic mass is 35.5. The Balaban J connectivity index is 1.44. The van der Waals surface area contributed by atoms with E-state index >= 15 is 0 Å². The van der Waals surface area contributed by atoms with Gasteiger partial charge in [-0.25, -0.2) is 9.97 Å². The maximum absolute atomic E-state index is 12.7. The van der Waals surface area contributed by atoms with E-state index in [4.69, 9.17) is 21.3 Å². The van der Waals surface area contributed by atoms with Gasteiger partial charge >= 0.3 is 0 Å². The molecule has 0 spiro atoms. The van der Waals surface area contributed by atoms with Crippen LogP contribution in [0.15, 0.2) is 72.8 Å². The number of hydrogen-bond donors (Lipinski definition) is 1. The summed E-state index contributed by atoms with van der Waals surface area (Å²) >= 11 is 6.24. The number of morpholine rings is 1. The van der Waals surface area contributed by atoms with E-state index in [2.05, 4.69) is 10.3 Å². The molecule has 1 amide bonds. The van der Waals surface area contributed by atoms with Crippen molar-refractivity contribution in [3.63, 3.8) is 0 Å². The lowest BCUT2D eigenvalue weighted by molar-refractivity contribution is 0.0303. The van der Waals surface area contributed by atoms with Crippen LogP contribution in [-0.4, -0.2) is 47.1 Å². The topological polar surface area (TPSA) is 67.4 Å². The first kappa shape index (κ1) is 20.4. The Morgan fingerprint density at radius 3 is 2.44 bits per heavy atom. The molecule has 7 heteroatoms. The van der Waals surface area contributed by atoms with Crippen LogP contribution in [0.25, 0.3) is 22.2 Å². The smallest absolute Gasteiger partial charge is 0.254 e. The molecular formula is C25H21ClN4O2. The molecule has 1 aromatic heterocycles. The number of rotatable bonds is 4. The maximum atomic E-state index is 12.7. The normalized spacial score (nSPS) is 13.8. The highest BCUT2D eigenvalue weighted by Crippen LogP contribution is 2.30. The van der Waals surface area contributed by atoms with Crippen molar-refractivity contribution < 1.29 is 9.53 Å². The number of halogens is 1. The molecule has 2 heterocycles. The molecule has 0 saturated carbocycles. The monoisotopic (exact) mass is 444 g/mol. The van der Waals surface area contributed by atoms with E-state index < -0.39 is 0 Å². The van der Waals surface area contributed by atoms with Crippen molar-refractivity contribution in [3.05, 3.63) is 83.4 Å². The predicted octanol–water partition coefficient (Wildman–Crippen LogP) is 5.17. The van der Waals surface area contributed by atoms with E-state index in [-0.39, 0.29) is 5.91 Å². The van der Waals surface area contributed by atoms with Crippen molar-refractivity contribution in [3.8, 4) is 11.3 Å². The number of anilines is 2. The molecule has 5 rings (SSSR count). The van der Waals surface area contributed by atoms with E-state index in [9.17, 15) is 4.79 Å². The van der Waals surface area contributed by atoms with Crippen LogP contribution < -0.4 is 5.32 Å². The SMILES string of the molecule is O=C(c1ccc(Nc2nc(-c3ccccc3)c3cc(Cl)ccc3n2)cc1)N1CCOCC1. The number of nitrogens with zero attached hydrogens (tertiary/aromatic N) is 3. The molecule has 1 fully saturated rings. The number of carbonyl (C=O) groups is 1. The summed E-state index contributed by atoms with van der Waals surface area (Å²) in [5, 5.41) is 4.79. The third kappa shape index (κ3) is 4.28. The van der Waals surface area contributed by atoms with Gasteiger partial charge in [0, 0.05) is 40.3 Å². The van der Waals surface area contributed by atoms with Gasteiger partial charge in [-0.2, -0.15) is 0 Å². The fourth-order valence-electron chi connectivity index (χ4n) is 3.75. The lowest BCUT2D eigenvalue weighted by Crippen LogP contribution is -2.40. The summed E-state index contributed by atoms with van der Waals surface area (Å²) in [7, 11) is 0. The lowest BCUT2D eigenvalue weighted by atomic mass is 10.1. The van der Waals surface area contributed by atoms with Crippen molar-refractivity contribution >= 4 is 40.0 Å². The van der Waals surface area contributed by atoms with E-state index in [1.165, 1.54) is 0 Å². The number of ether oxygens (including phenoxy) is 1. The first-order valence-electron chi connectivity index (χ1n) is 10.4. The third-order valence-corrected chi connectivity index (χ3v) is 5.63. The fraction of sp³-hybridized carbons (Fsp3) is 0.160. The van der Waals surface area contributed by atoms with Gasteiger partial charge in [-0.3, -0.25) is 4.79 Å². The zero-order valence-corrected chi connectivity index (χ0v) is 18.0. The summed E-state index contributed by atoms with van der Waals surface area (Å²) in [5.41, 5.74) is 4.04. The number of hydrogen-bond acceptors (Lipinski definition) is 5. The summed E-state index contributed by atoms with van der Waals surface area (Å²) in [6.45, 7) is 2.41. The molecule has 160 valence electrons. The van der Waals surface area contributed by atoms with Crippen LogP contribution in [0.1, 0.15) is 10.4 Å². The van der Waals surface area contributed by atoms with Gasteiger partial charge < -0.3 is 15.0 Å². The quantitative estimate of drug-likeness (QED) is 0.470. The van der Waals surface area contributed by atoms with Crippen molar-refractivity contribution in [2.75, 3.05) is 31.6 Å². The van der Waals surface area contributed by atoms with Crippen LogP contribution in [0.3, 0.4) is 0 Å². The van der Waals surface area contributed by atoms with Gasteiger partial charge in [0.2, 0.25) is 5.95 Å². The van der Waals surface area contributed by atoms with E-state index in [1.54, 1.807) is 0 Å². The number of fused-ring (bicyclic) bond motifs is 1. The van der Waals surface area contributed by atoms with Crippen LogP contribution in [0.4, 0.5) is 11.6 Å². The molecule has 1 aliphatic rings. The lowest BCUT2D eigenvalue weighted by Gasteiger charge is -2.26. The number of carbonyl (C=O) groups excluding carboxylic acids is 1. The fourth-order valence-corrected chi connectivity index (χ4v) is 3.92. The van der Waals surface area contributed by atoms with Crippen LogP contribution in [0, 0.1) is 0 Å². The highest BCUT2D eigenvalue weighted by Gasteiger charge is 2.18. The van der Waals surface area contributed by atoms with Crippen molar-refractivity contribution in [2.24, 2.45) is 0 Å². The van der Waals surface area contributed by atoms with E-state index in [0.29, 0.717) is 42.8 Å². The molecule has 0 radical (unpaired) electrons. The molecule has 0 aliphatic carbocycles. The first-order chi connectivity index (χ1) is 15.7. The van der Waals surface area contributed by atoms with Crippen molar-refractivity contribution in [1.82, 2.24) is 14.9 Å². The summed E-state index contributed by atoms with van der Waals surface area (Å²) in [6, 6.07) is 22.9. The zero-order chi connectivity index (χ0) is 21.9. The molecule has 0 atom stereocenters. The number of nitrogens with one attached hydrogen (secondary N) is 1. The minimum absolute atomic E-state index is 0.0186. The molecule has 6 nitrogen and oxygen atoms in total. The third-order valence-electron chi connectivity index (χ3n) is 5.39. The second kappa shape index (κ2) is 8.94. The Kier molecular flexibility index (Phi) is 5.71. The van der Waals surface area contributed by atoms with Crippen LogP contribution in [0.2, 0.25) is 5.02 Å². The van der Waals surface area contributed by atoms with Gasteiger partial charge in [0.05, 0.1) is 24.4 Å². The average molecular weight is 445 g/mol. The summed E-state index contributed by atoms with van der Waals surface area (Å²) < 4.78 is 5.32. The molecule has 0 bridgehead atoms. The first-order valence-corrected chi connectivity index (χ1v) is 10.8. The van der Waals surface area contributed by atoms with Gasteiger partial charge in [-0.15, -0.1) is 0 Å². The Morgan fingerprint density at radius 1 is 0.938 bits per heavy atom. The standard InChI is InChI=1S/C25H21ClN4O2/c26-19-8-11-22-21(16-19)23(17-4-2-1-3-5-17)29-25(28-22)27-20-9-6-18(7-10-20)24(31)30-12-14-32-15-13-30/h1-11,16H,12-15H2,(H,27,28,29). The molecule has 4 aromatic rings. The van der Waals surface area contributed by atoms with Crippen LogP contribution in [0.5, 0.6) is 0 Å². The van der Waals surface area contributed by atoms with Gasteiger partial charge in [0.15, 0.2) is 0 Å². The number of benzene rings is 3. The Bertz CT molecular complexity index is 1260. The maximum Gasteiger partial charge on any atom is 0.254 e. The van der Waals surface area contributed by atoms with E-state index in [0.717, 1.165) is 27.8 Å². The number of aromatic nitrogens is 2. The summed E-state index contributed by atoms with van der Waals surface area (Å²) in [5.74, 6) is 0.496. The van der Waals surface area contributed by atoms with Crippen molar-refractivity contribution in [2.45, 2.75) is 0 Å². The van der Waals surface area contributed by atoms with E-state index in [1.807, 2.05) is 77.7 Å². The van der Waals surface area contributed by atoms with Gasteiger partial charge in [-0.05, 0) is 42.5 Å².